The molecule has 0 bridgehead atoms. The maximum atomic E-state index is 11.0. The first-order chi connectivity index (χ1) is 13.9. The van der Waals surface area contributed by atoms with Crippen molar-refractivity contribution in [3.05, 3.63) is 29.3 Å². The number of aryl methyl sites for hydroxylation is 2. The van der Waals surface area contributed by atoms with Gasteiger partial charge in [0, 0.05) is 5.25 Å². The minimum atomic E-state index is -4.24. The molecule has 0 saturated heterocycles. The van der Waals surface area contributed by atoms with E-state index in [2.05, 4.69) is 26.0 Å². The Bertz CT molecular complexity index is 661. The van der Waals surface area contributed by atoms with Crippen LogP contribution in [-0.4, -0.2) is 24.8 Å². The Morgan fingerprint density at radius 2 is 1.40 bits per heavy atom. The average Bonchev–Trinajstić information content (AvgIpc) is 2.68. The minimum Gasteiger partial charge on any atom is -0.748 e. The van der Waals surface area contributed by atoms with Crippen LogP contribution in [0, 0.1) is 0 Å². The smallest absolute Gasteiger partial charge is 0.748 e. The molecule has 1 unspecified atom stereocenters. The third-order valence-corrected chi connectivity index (χ3v) is 6.78. The molecular weight excluding hydrogens is 407 g/mol. The predicted molar refractivity (Wildman–Crippen MR) is 121 cm³/mol. The van der Waals surface area contributed by atoms with Gasteiger partial charge in [-0.2, -0.15) is 0 Å². The van der Waals surface area contributed by atoms with Crippen molar-refractivity contribution in [3.63, 3.8) is 0 Å². The van der Waals surface area contributed by atoms with Gasteiger partial charge in [-0.15, -0.1) is 0 Å². The van der Waals surface area contributed by atoms with Gasteiger partial charge in [0.15, 0.2) is 0 Å². The number of ether oxygens (including phenoxy) is 1. The van der Waals surface area contributed by atoms with E-state index in [0.29, 0.717) is 0 Å². The number of hydrogen-bond acceptors (Lipinski definition) is 4. The summed E-state index contributed by atoms with van der Waals surface area (Å²) in [6.07, 6.45) is 15.1. The Labute approximate surface area is 207 Å². The van der Waals surface area contributed by atoms with Crippen molar-refractivity contribution < 1.29 is 47.3 Å². The molecule has 168 valence electrons. The molecule has 0 aliphatic rings. The van der Waals surface area contributed by atoms with Crippen LogP contribution in [0.2, 0.25) is 0 Å². The third-order valence-electron chi connectivity index (χ3n) is 5.56. The molecule has 0 aliphatic carbocycles. The van der Waals surface area contributed by atoms with Gasteiger partial charge in [-0.1, -0.05) is 71.3 Å². The molecule has 0 fully saturated rings. The van der Waals surface area contributed by atoms with E-state index in [1.54, 1.807) is 0 Å². The molecular formula is C24H41NaO4S. The molecule has 1 aromatic rings. The van der Waals surface area contributed by atoms with Crippen LogP contribution in [0.5, 0.6) is 5.75 Å². The summed E-state index contributed by atoms with van der Waals surface area (Å²) in [5, 5.41) is -0.914. The Kier molecular flexibility index (Phi) is 17.4. The van der Waals surface area contributed by atoms with Crippen molar-refractivity contribution in [3.8, 4) is 5.75 Å². The van der Waals surface area contributed by atoms with Crippen molar-refractivity contribution in [1.82, 2.24) is 0 Å². The van der Waals surface area contributed by atoms with E-state index in [-0.39, 0.29) is 42.6 Å². The van der Waals surface area contributed by atoms with Crippen LogP contribution in [-0.2, 0) is 23.0 Å². The summed E-state index contributed by atoms with van der Waals surface area (Å²) in [6, 6.07) is 6.28. The second kappa shape index (κ2) is 17.5. The van der Waals surface area contributed by atoms with E-state index in [9.17, 15) is 13.0 Å². The molecule has 6 heteroatoms. The molecule has 0 aliphatic heterocycles. The van der Waals surface area contributed by atoms with Gasteiger partial charge in [-0.3, -0.25) is 0 Å². The van der Waals surface area contributed by atoms with Crippen LogP contribution in [0.3, 0.4) is 0 Å². The SMILES string of the molecule is CCCCCCCc1ccc(OCCC(C)S(=O)(=O)[O-])cc1CCCCCCC.[Na+]. The van der Waals surface area contributed by atoms with Gasteiger partial charge in [0.2, 0.25) is 0 Å². The molecule has 4 nitrogen and oxygen atoms in total. The van der Waals surface area contributed by atoms with Gasteiger partial charge in [0.25, 0.3) is 0 Å². The zero-order chi connectivity index (χ0) is 21.5. The normalized spacial score (nSPS) is 12.4. The molecule has 1 atom stereocenters. The monoisotopic (exact) mass is 448 g/mol. The summed E-state index contributed by atoms with van der Waals surface area (Å²) >= 11 is 0. The van der Waals surface area contributed by atoms with E-state index in [1.807, 2.05) is 6.07 Å². The zero-order valence-electron chi connectivity index (χ0n) is 19.8. The molecule has 0 N–H and O–H groups in total. The van der Waals surface area contributed by atoms with Crippen molar-refractivity contribution >= 4 is 10.1 Å². The fourth-order valence-electron chi connectivity index (χ4n) is 3.49. The molecule has 0 heterocycles. The number of rotatable bonds is 17. The maximum Gasteiger partial charge on any atom is 1.00 e. The molecule has 30 heavy (non-hydrogen) atoms. The topological polar surface area (TPSA) is 66.4 Å². The number of benzene rings is 1. The number of unbranched alkanes of at least 4 members (excludes halogenated alkanes) is 8. The molecule has 0 spiro atoms. The minimum absolute atomic E-state index is 0. The standard InChI is InChI=1S/C24H42O4S.Na/c1-4-6-8-10-12-14-22-16-17-24(28-19-18-21(3)29(25,26)27)20-23(22)15-13-11-9-7-5-2;/h16-17,20-21H,4-15,18-19H2,1-3H3,(H,25,26,27);/q;+1/p-1. The van der Waals surface area contributed by atoms with Crippen LogP contribution >= 0.6 is 0 Å². The summed E-state index contributed by atoms with van der Waals surface area (Å²) in [5.74, 6) is 0.777. The molecule has 0 saturated carbocycles. The molecule has 0 aromatic heterocycles. The van der Waals surface area contributed by atoms with Gasteiger partial charge in [-0.05, 0) is 62.3 Å². The van der Waals surface area contributed by atoms with E-state index < -0.39 is 15.4 Å². The van der Waals surface area contributed by atoms with Crippen molar-refractivity contribution in [2.75, 3.05) is 6.61 Å². The third kappa shape index (κ3) is 13.4. The van der Waals surface area contributed by atoms with Crippen molar-refractivity contribution in [2.45, 2.75) is 109 Å². The van der Waals surface area contributed by atoms with Gasteiger partial charge < -0.3 is 9.29 Å². The Balaban J connectivity index is 0.00000841. The van der Waals surface area contributed by atoms with Crippen LogP contribution in [0.15, 0.2) is 18.2 Å². The second-order valence-corrected chi connectivity index (χ2v) is 9.99. The first-order valence-corrected chi connectivity index (χ1v) is 13.0. The van der Waals surface area contributed by atoms with Gasteiger partial charge >= 0.3 is 29.6 Å². The summed E-state index contributed by atoms with van der Waals surface area (Å²) in [7, 11) is -4.24. The van der Waals surface area contributed by atoms with Crippen LogP contribution in [0.25, 0.3) is 0 Å². The average molecular weight is 449 g/mol. The van der Waals surface area contributed by atoms with Crippen LogP contribution in [0.4, 0.5) is 0 Å². The molecule has 1 aromatic carbocycles. The summed E-state index contributed by atoms with van der Waals surface area (Å²) in [5.41, 5.74) is 2.78. The van der Waals surface area contributed by atoms with Gasteiger partial charge in [-0.25, -0.2) is 8.42 Å². The van der Waals surface area contributed by atoms with Crippen molar-refractivity contribution in [2.24, 2.45) is 0 Å². The molecule has 0 amide bonds. The van der Waals surface area contributed by atoms with Gasteiger partial charge in [0.05, 0.1) is 16.7 Å². The Morgan fingerprint density at radius 1 is 0.867 bits per heavy atom. The Morgan fingerprint density at radius 3 is 1.93 bits per heavy atom. The second-order valence-electron chi connectivity index (χ2n) is 8.20. The van der Waals surface area contributed by atoms with Crippen LogP contribution < -0.4 is 34.3 Å². The summed E-state index contributed by atoms with van der Waals surface area (Å²) in [6.45, 7) is 6.16. The first kappa shape index (κ1) is 29.9. The van der Waals surface area contributed by atoms with E-state index >= 15 is 0 Å². The van der Waals surface area contributed by atoms with Crippen LogP contribution in [0.1, 0.15) is 103 Å². The molecule has 1 rings (SSSR count). The zero-order valence-corrected chi connectivity index (χ0v) is 22.6. The quantitative estimate of drug-likeness (QED) is 0.208. The fourth-order valence-corrected chi connectivity index (χ4v) is 3.88. The summed E-state index contributed by atoms with van der Waals surface area (Å²) < 4.78 is 38.8. The van der Waals surface area contributed by atoms with E-state index in [1.165, 1.54) is 82.3 Å². The first-order valence-electron chi connectivity index (χ1n) is 11.6. The Hall–Kier alpha value is -0.0700. The summed E-state index contributed by atoms with van der Waals surface area (Å²) in [4.78, 5) is 0. The molecule has 0 radical (unpaired) electrons. The largest absolute Gasteiger partial charge is 1.00 e. The van der Waals surface area contributed by atoms with Crippen molar-refractivity contribution in [1.29, 1.82) is 0 Å². The van der Waals surface area contributed by atoms with E-state index in [0.717, 1.165) is 18.6 Å². The predicted octanol–water partition coefficient (Wildman–Crippen LogP) is 3.42. The number of hydrogen-bond donors (Lipinski definition) is 0. The van der Waals surface area contributed by atoms with Gasteiger partial charge in [0.1, 0.15) is 5.75 Å². The fraction of sp³-hybridized carbons (Fsp3) is 0.750. The van der Waals surface area contributed by atoms with E-state index in [4.69, 9.17) is 4.74 Å². The maximum absolute atomic E-state index is 11.0.